The number of halogens is 2. The van der Waals surface area contributed by atoms with Crippen molar-refractivity contribution in [3.63, 3.8) is 0 Å². The van der Waals surface area contributed by atoms with Gasteiger partial charge >= 0.3 is 6.03 Å². The molecule has 0 bridgehead atoms. The van der Waals surface area contributed by atoms with Gasteiger partial charge in [-0.25, -0.2) is 9.69 Å². The molecule has 0 unspecified atom stereocenters. The van der Waals surface area contributed by atoms with Crippen molar-refractivity contribution in [3.8, 4) is 5.75 Å². The highest BCUT2D eigenvalue weighted by atomic mass is 79.9. The van der Waals surface area contributed by atoms with Crippen LogP contribution in [0.1, 0.15) is 11.1 Å². The molecule has 4 aromatic carbocycles. The van der Waals surface area contributed by atoms with Gasteiger partial charge in [-0.1, -0.05) is 74.3 Å². The van der Waals surface area contributed by atoms with E-state index in [0.717, 1.165) is 30.2 Å². The van der Waals surface area contributed by atoms with Gasteiger partial charge < -0.3 is 4.74 Å². The van der Waals surface area contributed by atoms with Gasteiger partial charge in [-0.05, 0) is 64.9 Å². The van der Waals surface area contributed by atoms with Crippen LogP contribution in [0.4, 0.5) is 10.5 Å². The van der Waals surface area contributed by atoms with Gasteiger partial charge in [0.25, 0.3) is 11.8 Å². The Morgan fingerprint density at radius 1 is 0.833 bits per heavy atom. The first-order valence-electron chi connectivity index (χ1n) is 11.0. The molecule has 0 aliphatic carbocycles. The van der Waals surface area contributed by atoms with E-state index in [0.29, 0.717) is 23.6 Å². The molecule has 4 aromatic rings. The molecule has 0 aromatic heterocycles. The van der Waals surface area contributed by atoms with Gasteiger partial charge in [0.05, 0.1) is 5.69 Å². The first kappa shape index (κ1) is 24.0. The van der Waals surface area contributed by atoms with Crippen molar-refractivity contribution >= 4 is 72.2 Å². The maximum absolute atomic E-state index is 13.3. The van der Waals surface area contributed by atoms with E-state index in [-0.39, 0.29) is 5.57 Å². The van der Waals surface area contributed by atoms with Crippen molar-refractivity contribution in [2.75, 3.05) is 4.90 Å². The number of anilines is 1. The van der Waals surface area contributed by atoms with Crippen molar-refractivity contribution in [3.05, 3.63) is 111 Å². The Balaban J connectivity index is 1.48. The fraction of sp³-hybridized carbons (Fsp3) is 0.0357. The molecule has 0 radical (unpaired) electrons. The second-order valence-electron chi connectivity index (χ2n) is 8.04. The highest BCUT2D eigenvalue weighted by molar-refractivity contribution is 9.10. The summed E-state index contributed by atoms with van der Waals surface area (Å²) >= 11 is 6.78. The van der Waals surface area contributed by atoms with Gasteiger partial charge in [0.2, 0.25) is 0 Å². The number of benzene rings is 4. The number of amides is 4. The van der Waals surface area contributed by atoms with Gasteiger partial charge in [-0.15, -0.1) is 0 Å². The number of hydrogen-bond donors (Lipinski definition) is 1. The van der Waals surface area contributed by atoms with Crippen molar-refractivity contribution in [1.82, 2.24) is 5.32 Å². The zero-order chi connectivity index (χ0) is 25.2. The molecule has 0 saturated carbocycles. The summed E-state index contributed by atoms with van der Waals surface area (Å²) in [6.07, 6.45) is 1.44. The monoisotopic (exact) mass is 604 g/mol. The Bertz CT molecular complexity index is 1540. The van der Waals surface area contributed by atoms with Crippen molar-refractivity contribution in [1.29, 1.82) is 0 Å². The third-order valence-corrected chi connectivity index (χ3v) is 6.74. The number of carbonyl (C=O) groups excluding carboxylic acids is 3. The molecule has 6 nitrogen and oxygen atoms in total. The number of urea groups is 1. The number of nitrogens with zero attached hydrogens (tertiary/aromatic N) is 1. The zero-order valence-corrected chi connectivity index (χ0v) is 21.9. The smallest absolute Gasteiger partial charge is 0.335 e. The van der Waals surface area contributed by atoms with Crippen LogP contribution in [0, 0.1) is 0 Å². The molecule has 1 heterocycles. The van der Waals surface area contributed by atoms with Crippen LogP contribution < -0.4 is 15.0 Å². The summed E-state index contributed by atoms with van der Waals surface area (Å²) in [4.78, 5) is 39.4. The average molecular weight is 606 g/mol. The Morgan fingerprint density at radius 2 is 1.56 bits per heavy atom. The summed E-state index contributed by atoms with van der Waals surface area (Å²) in [7, 11) is 0. The molecule has 1 fully saturated rings. The number of ether oxygens (including phenoxy) is 1. The first-order chi connectivity index (χ1) is 17.4. The summed E-state index contributed by atoms with van der Waals surface area (Å²) < 4.78 is 7.69. The number of carbonyl (C=O) groups is 3. The largest absolute Gasteiger partial charge is 0.488 e. The fourth-order valence-corrected chi connectivity index (χ4v) is 4.62. The minimum atomic E-state index is -0.800. The molecule has 0 atom stereocenters. The molecule has 1 aliphatic heterocycles. The Labute approximate surface area is 223 Å². The van der Waals surface area contributed by atoms with E-state index in [2.05, 4.69) is 37.2 Å². The summed E-state index contributed by atoms with van der Waals surface area (Å²) in [5.41, 5.74) is 1.70. The standard InChI is InChI=1S/C28H18Br2N2O4/c29-20-8-11-22(12-9-20)32-27(34)24(26(33)31-28(32)35)15-19-14-21(30)10-13-25(19)36-16-18-6-3-5-17-4-1-2-7-23(17)18/h1-15H,16H2,(H,31,33,35)/b24-15+. The molecule has 1 aliphatic rings. The first-order valence-corrected chi connectivity index (χ1v) is 12.6. The van der Waals surface area contributed by atoms with Crippen LogP contribution in [0.15, 0.2) is 99.4 Å². The Kier molecular flexibility index (Phi) is 6.71. The molecule has 36 heavy (non-hydrogen) atoms. The van der Waals surface area contributed by atoms with Crippen molar-refractivity contribution in [2.24, 2.45) is 0 Å². The topological polar surface area (TPSA) is 75.7 Å². The van der Waals surface area contributed by atoms with Crippen LogP contribution in [0.25, 0.3) is 16.8 Å². The summed E-state index contributed by atoms with van der Waals surface area (Å²) in [5, 5.41) is 4.45. The Hall–Kier alpha value is -3.75. The molecule has 0 spiro atoms. The molecule has 4 amide bonds. The molecular weight excluding hydrogens is 588 g/mol. The number of fused-ring (bicyclic) bond motifs is 1. The van der Waals surface area contributed by atoms with Gasteiger partial charge in [0.15, 0.2) is 0 Å². The molecule has 1 N–H and O–H groups in total. The highest BCUT2D eigenvalue weighted by Gasteiger charge is 2.37. The number of barbiturate groups is 1. The molecule has 1 saturated heterocycles. The van der Waals surface area contributed by atoms with E-state index in [1.165, 1.54) is 6.08 Å². The highest BCUT2D eigenvalue weighted by Crippen LogP contribution is 2.30. The summed E-state index contributed by atoms with van der Waals surface area (Å²) in [5.74, 6) is -0.990. The van der Waals surface area contributed by atoms with E-state index < -0.39 is 17.8 Å². The van der Waals surface area contributed by atoms with Crippen molar-refractivity contribution < 1.29 is 19.1 Å². The normalized spacial score (nSPS) is 14.9. The van der Waals surface area contributed by atoms with E-state index >= 15 is 0 Å². The second kappa shape index (κ2) is 10.1. The SMILES string of the molecule is O=C1NC(=O)N(c2ccc(Br)cc2)C(=O)/C1=C/c1cc(Br)ccc1OCc1cccc2ccccc12. The summed E-state index contributed by atoms with van der Waals surface area (Å²) in [6.45, 7) is 0.294. The average Bonchev–Trinajstić information content (AvgIpc) is 2.87. The minimum Gasteiger partial charge on any atom is -0.488 e. The Morgan fingerprint density at radius 3 is 2.36 bits per heavy atom. The van der Waals surface area contributed by atoms with E-state index in [4.69, 9.17) is 4.74 Å². The van der Waals surface area contributed by atoms with Crippen LogP contribution in [-0.2, 0) is 16.2 Å². The lowest BCUT2D eigenvalue weighted by Gasteiger charge is -2.26. The van der Waals surface area contributed by atoms with Crippen LogP contribution in [0.3, 0.4) is 0 Å². The van der Waals surface area contributed by atoms with E-state index in [9.17, 15) is 14.4 Å². The van der Waals surface area contributed by atoms with Gasteiger partial charge in [0, 0.05) is 14.5 Å². The van der Waals surface area contributed by atoms with Gasteiger partial charge in [-0.2, -0.15) is 0 Å². The third-order valence-electron chi connectivity index (χ3n) is 5.72. The summed E-state index contributed by atoms with van der Waals surface area (Å²) in [6, 6.07) is 25.3. The second-order valence-corrected chi connectivity index (χ2v) is 9.87. The zero-order valence-electron chi connectivity index (χ0n) is 18.7. The molecule has 5 rings (SSSR count). The van der Waals surface area contributed by atoms with Crippen LogP contribution >= 0.6 is 31.9 Å². The molecule has 178 valence electrons. The minimum absolute atomic E-state index is 0.175. The van der Waals surface area contributed by atoms with Crippen LogP contribution in [0.2, 0.25) is 0 Å². The maximum Gasteiger partial charge on any atom is 0.335 e. The van der Waals surface area contributed by atoms with E-state index in [1.54, 1.807) is 36.4 Å². The van der Waals surface area contributed by atoms with Gasteiger partial charge in [-0.3, -0.25) is 14.9 Å². The van der Waals surface area contributed by atoms with Gasteiger partial charge in [0.1, 0.15) is 17.9 Å². The number of nitrogens with one attached hydrogen (secondary N) is 1. The van der Waals surface area contributed by atoms with Crippen molar-refractivity contribution in [2.45, 2.75) is 6.61 Å². The lowest BCUT2D eigenvalue weighted by Crippen LogP contribution is -2.54. The van der Waals surface area contributed by atoms with E-state index in [1.807, 2.05) is 48.5 Å². The molecule has 8 heteroatoms. The van der Waals surface area contributed by atoms with Crippen LogP contribution in [0.5, 0.6) is 5.75 Å². The number of imide groups is 2. The lowest BCUT2D eigenvalue weighted by molar-refractivity contribution is -0.122. The molecular formula is C28H18Br2N2O4. The fourth-order valence-electron chi connectivity index (χ4n) is 3.98. The third kappa shape index (κ3) is 4.82. The predicted octanol–water partition coefficient (Wildman–Crippen LogP) is 6.61. The quantitative estimate of drug-likeness (QED) is 0.205. The predicted molar refractivity (Wildman–Crippen MR) is 146 cm³/mol. The lowest BCUT2D eigenvalue weighted by atomic mass is 10.0. The number of rotatable bonds is 5. The van der Waals surface area contributed by atoms with Crippen LogP contribution in [-0.4, -0.2) is 17.8 Å². The number of hydrogen-bond acceptors (Lipinski definition) is 4. The maximum atomic E-state index is 13.3.